The molecule has 1 atom stereocenters. The third kappa shape index (κ3) is 6.68. The minimum atomic E-state index is -1.45. The lowest BCUT2D eigenvalue weighted by Gasteiger charge is -2.18. The van der Waals surface area contributed by atoms with Crippen molar-refractivity contribution in [1.29, 1.82) is 0 Å². The maximum absolute atomic E-state index is 14.2. The number of nitrogens with one attached hydrogen (secondary N) is 2. The molecule has 4 N–H and O–H groups in total. The first kappa shape index (κ1) is 27.1. The number of carboxylic acid groups (broad SMARTS) is 2. The maximum atomic E-state index is 14.2. The summed E-state index contributed by atoms with van der Waals surface area (Å²) in [5.74, 6) is -4.52. The van der Waals surface area contributed by atoms with Crippen molar-refractivity contribution in [3.05, 3.63) is 125 Å². The van der Waals surface area contributed by atoms with Crippen LogP contribution in [0.1, 0.15) is 41.9 Å². The maximum Gasteiger partial charge on any atom is 0.336 e. The van der Waals surface area contributed by atoms with Gasteiger partial charge in [-0.05, 0) is 54.1 Å². The fourth-order valence-corrected chi connectivity index (χ4v) is 4.78. The summed E-state index contributed by atoms with van der Waals surface area (Å²) in [6.07, 6.45) is 0. The van der Waals surface area contributed by atoms with Gasteiger partial charge in [-0.3, -0.25) is 9.59 Å². The number of hydrogen-bond donors (Lipinski definition) is 4. The number of carbonyl (C=O) groups excluding carboxylic acids is 2. The highest BCUT2D eigenvalue weighted by molar-refractivity contribution is 8.00. The molecule has 0 aliphatic carbocycles. The van der Waals surface area contributed by atoms with Gasteiger partial charge in [0.05, 0.1) is 22.4 Å². The fraction of sp³-hybridized carbons (Fsp3) is 0.0345. The Labute approximate surface area is 226 Å². The molecule has 4 aromatic carbocycles. The summed E-state index contributed by atoms with van der Waals surface area (Å²) in [5.41, 5.74) is 0.125. The second-order valence-electron chi connectivity index (χ2n) is 8.23. The number of carboxylic acids is 2. The molecule has 0 spiro atoms. The van der Waals surface area contributed by atoms with Gasteiger partial charge in [0.25, 0.3) is 5.91 Å². The first-order valence-corrected chi connectivity index (χ1v) is 12.4. The van der Waals surface area contributed by atoms with Crippen LogP contribution in [0, 0.1) is 5.82 Å². The number of hydrogen-bond acceptors (Lipinski definition) is 5. The van der Waals surface area contributed by atoms with Gasteiger partial charge < -0.3 is 20.8 Å². The van der Waals surface area contributed by atoms with Crippen LogP contribution in [0.25, 0.3) is 0 Å². The standard InChI is InChI=1S/C29H21FN2O6S/c30-23-11-4-5-12-24(23)32-27(34)25(17-7-2-1-3-8-17)39-20-10-6-9-19(16-20)31-26(33)21-14-13-18(28(35)36)15-22(21)29(37)38/h1-16,25H,(H,31,33)(H,32,34)(H,35,36)(H,37,38). The summed E-state index contributed by atoms with van der Waals surface area (Å²) >= 11 is 1.18. The fourth-order valence-electron chi connectivity index (χ4n) is 3.70. The number of halogens is 1. The van der Waals surface area contributed by atoms with Crippen LogP contribution in [0.5, 0.6) is 0 Å². The van der Waals surface area contributed by atoms with Crippen LogP contribution in [0.15, 0.2) is 102 Å². The van der Waals surface area contributed by atoms with Crippen LogP contribution in [-0.4, -0.2) is 34.0 Å². The third-order valence-corrected chi connectivity index (χ3v) is 6.81. The summed E-state index contributed by atoms with van der Waals surface area (Å²) in [7, 11) is 0. The lowest BCUT2D eigenvalue weighted by molar-refractivity contribution is -0.115. The predicted octanol–water partition coefficient (Wildman–Crippen LogP) is 5.95. The van der Waals surface area contributed by atoms with Crippen molar-refractivity contribution in [2.24, 2.45) is 0 Å². The van der Waals surface area contributed by atoms with Gasteiger partial charge in [-0.25, -0.2) is 14.0 Å². The van der Waals surface area contributed by atoms with E-state index < -0.39 is 40.4 Å². The Kier molecular flexibility index (Phi) is 8.37. The van der Waals surface area contributed by atoms with E-state index in [9.17, 15) is 28.7 Å². The van der Waals surface area contributed by atoms with Crippen molar-refractivity contribution in [1.82, 2.24) is 0 Å². The first-order valence-electron chi connectivity index (χ1n) is 11.5. The molecule has 1 unspecified atom stereocenters. The van der Waals surface area contributed by atoms with Crippen molar-refractivity contribution in [2.75, 3.05) is 10.6 Å². The van der Waals surface area contributed by atoms with Crippen LogP contribution in [0.4, 0.5) is 15.8 Å². The van der Waals surface area contributed by atoms with Gasteiger partial charge in [0.1, 0.15) is 11.1 Å². The Morgan fingerprint density at radius 3 is 2.13 bits per heavy atom. The van der Waals surface area contributed by atoms with Gasteiger partial charge in [0, 0.05) is 10.6 Å². The average molecular weight is 545 g/mol. The minimum absolute atomic E-state index is 0.0493. The molecule has 0 aliphatic heterocycles. The molecule has 0 fully saturated rings. The Morgan fingerprint density at radius 1 is 0.718 bits per heavy atom. The Hall–Kier alpha value is -4.96. The molecule has 0 heterocycles. The van der Waals surface area contributed by atoms with E-state index >= 15 is 0 Å². The Balaban J connectivity index is 1.57. The average Bonchev–Trinajstić information content (AvgIpc) is 2.93. The monoisotopic (exact) mass is 544 g/mol. The molecule has 0 aliphatic rings. The number of anilines is 2. The smallest absolute Gasteiger partial charge is 0.336 e. The van der Waals surface area contributed by atoms with Gasteiger partial charge in [-0.1, -0.05) is 48.5 Å². The Morgan fingerprint density at radius 2 is 1.44 bits per heavy atom. The summed E-state index contributed by atoms with van der Waals surface area (Å²) < 4.78 is 14.2. The summed E-state index contributed by atoms with van der Waals surface area (Å²) in [5, 5.41) is 23.1. The van der Waals surface area contributed by atoms with Crippen LogP contribution in [-0.2, 0) is 4.79 Å². The molecule has 0 aromatic heterocycles. The van der Waals surface area contributed by atoms with E-state index in [2.05, 4.69) is 10.6 Å². The van der Waals surface area contributed by atoms with Crippen molar-refractivity contribution >= 4 is 46.9 Å². The van der Waals surface area contributed by atoms with Crippen molar-refractivity contribution in [2.45, 2.75) is 10.1 Å². The second-order valence-corrected chi connectivity index (χ2v) is 9.41. The largest absolute Gasteiger partial charge is 0.478 e. The van der Waals surface area contributed by atoms with Gasteiger partial charge in [0.15, 0.2) is 0 Å². The molecule has 39 heavy (non-hydrogen) atoms. The number of thioether (sulfide) groups is 1. The van der Waals surface area contributed by atoms with Crippen LogP contribution < -0.4 is 10.6 Å². The molecule has 0 radical (unpaired) electrons. The van der Waals surface area contributed by atoms with E-state index in [0.717, 1.165) is 18.2 Å². The number of para-hydroxylation sites is 1. The van der Waals surface area contributed by atoms with Crippen molar-refractivity contribution in [3.63, 3.8) is 0 Å². The SMILES string of the molecule is O=C(O)c1ccc(C(=O)Nc2cccc(SC(C(=O)Nc3ccccc3F)c3ccccc3)c2)c(C(=O)O)c1. The zero-order chi connectivity index (χ0) is 27.9. The normalized spacial score (nSPS) is 11.3. The first-order chi connectivity index (χ1) is 18.7. The lowest BCUT2D eigenvalue weighted by Crippen LogP contribution is -2.19. The zero-order valence-corrected chi connectivity index (χ0v) is 20.9. The Bertz CT molecular complexity index is 1560. The van der Waals surface area contributed by atoms with E-state index in [4.69, 9.17) is 5.11 Å². The van der Waals surface area contributed by atoms with E-state index in [0.29, 0.717) is 16.1 Å². The number of benzene rings is 4. The third-order valence-electron chi connectivity index (χ3n) is 5.56. The van der Waals surface area contributed by atoms with Crippen molar-refractivity contribution < 1.29 is 33.8 Å². The molecule has 196 valence electrons. The highest BCUT2D eigenvalue weighted by Crippen LogP contribution is 2.37. The number of aromatic carboxylic acids is 2. The quantitative estimate of drug-likeness (QED) is 0.192. The second kappa shape index (κ2) is 12.1. The molecule has 0 saturated heterocycles. The van der Waals surface area contributed by atoms with E-state index in [1.165, 1.54) is 30.0 Å². The van der Waals surface area contributed by atoms with Gasteiger partial charge in [-0.15, -0.1) is 11.8 Å². The lowest BCUT2D eigenvalue weighted by atomic mass is 10.0. The minimum Gasteiger partial charge on any atom is -0.478 e. The van der Waals surface area contributed by atoms with Gasteiger partial charge in [0.2, 0.25) is 5.91 Å². The molecule has 4 rings (SSSR count). The van der Waals surface area contributed by atoms with E-state index in [1.54, 1.807) is 54.6 Å². The van der Waals surface area contributed by atoms with Gasteiger partial charge >= 0.3 is 11.9 Å². The molecule has 8 nitrogen and oxygen atoms in total. The van der Waals surface area contributed by atoms with Crippen molar-refractivity contribution in [3.8, 4) is 0 Å². The highest BCUT2D eigenvalue weighted by atomic mass is 32.2. The van der Waals surface area contributed by atoms with Gasteiger partial charge in [-0.2, -0.15) is 0 Å². The molecule has 4 aromatic rings. The number of amides is 2. The predicted molar refractivity (Wildman–Crippen MR) is 145 cm³/mol. The van der Waals surface area contributed by atoms with Crippen LogP contribution >= 0.6 is 11.8 Å². The highest BCUT2D eigenvalue weighted by Gasteiger charge is 2.24. The van der Waals surface area contributed by atoms with Crippen LogP contribution in [0.2, 0.25) is 0 Å². The van der Waals surface area contributed by atoms with E-state index in [1.807, 2.05) is 6.07 Å². The van der Waals surface area contributed by atoms with Crippen LogP contribution in [0.3, 0.4) is 0 Å². The summed E-state index contributed by atoms with van der Waals surface area (Å²) in [6.45, 7) is 0. The molecular formula is C29H21FN2O6S. The van der Waals surface area contributed by atoms with E-state index in [-0.39, 0.29) is 16.8 Å². The molecule has 0 saturated carbocycles. The molecule has 0 bridgehead atoms. The number of carbonyl (C=O) groups is 4. The summed E-state index contributed by atoms with van der Waals surface area (Å²) in [6, 6.07) is 24.6. The zero-order valence-electron chi connectivity index (χ0n) is 20.1. The summed E-state index contributed by atoms with van der Waals surface area (Å²) in [4.78, 5) is 49.6. The molecule has 2 amide bonds. The topological polar surface area (TPSA) is 133 Å². The molecule has 10 heteroatoms. The number of rotatable bonds is 9. The molecular weight excluding hydrogens is 523 g/mol.